The first-order valence-corrected chi connectivity index (χ1v) is 10.2. The van der Waals surface area contributed by atoms with Crippen LogP contribution in [-0.2, 0) is 22.0 Å². The van der Waals surface area contributed by atoms with Crippen molar-refractivity contribution in [3.05, 3.63) is 41.0 Å². The Morgan fingerprint density at radius 1 is 1.04 bits per heavy atom. The Balaban J connectivity index is 2.13. The largest absolute Gasteiger partial charge is 0.507 e. The average molecular weight is 372 g/mol. The number of phenols is 1. The molecule has 1 aliphatic carbocycles. The molecule has 1 amide bonds. The van der Waals surface area contributed by atoms with Gasteiger partial charge in [0.05, 0.1) is 0 Å². The van der Waals surface area contributed by atoms with E-state index in [2.05, 4.69) is 78.1 Å². The third kappa shape index (κ3) is 5.85. The summed E-state index contributed by atoms with van der Waals surface area (Å²) in [7, 11) is 0. The highest BCUT2D eigenvalue weighted by atomic mass is 16.3. The van der Waals surface area contributed by atoms with Crippen molar-refractivity contribution in [3.63, 3.8) is 0 Å². The van der Waals surface area contributed by atoms with E-state index in [1.807, 2.05) is 0 Å². The number of nitrogens with one attached hydrogen (secondary N) is 1. The minimum Gasteiger partial charge on any atom is -0.507 e. The summed E-state index contributed by atoms with van der Waals surface area (Å²) in [6.45, 7) is 14.9. The lowest BCUT2D eigenvalue weighted by molar-refractivity contribution is -0.121. The first-order valence-electron chi connectivity index (χ1n) is 10.2. The zero-order chi connectivity index (χ0) is 20.4. The summed E-state index contributed by atoms with van der Waals surface area (Å²) >= 11 is 0. The zero-order valence-corrected chi connectivity index (χ0v) is 18.1. The van der Waals surface area contributed by atoms with Crippen LogP contribution in [0, 0.1) is 5.92 Å². The number of carbonyl (C=O) groups is 1. The molecule has 0 aromatic heterocycles. The Hall–Kier alpha value is -1.77. The first-order chi connectivity index (χ1) is 12.4. The van der Waals surface area contributed by atoms with Gasteiger partial charge >= 0.3 is 0 Å². The SMILES string of the molecule is CC1C=CC(NC(=O)CCc2cc(C(C)(C)C)c(O)c(C(C)(C)C)c2)CC1. The molecule has 1 aromatic rings. The summed E-state index contributed by atoms with van der Waals surface area (Å²) in [6.07, 6.45) is 7.62. The number of phenolic OH excluding ortho intramolecular Hbond substituents is 1. The van der Waals surface area contributed by atoms with E-state index in [9.17, 15) is 9.90 Å². The van der Waals surface area contributed by atoms with Crippen LogP contribution in [0.2, 0.25) is 0 Å². The van der Waals surface area contributed by atoms with Crippen molar-refractivity contribution in [3.8, 4) is 5.75 Å². The van der Waals surface area contributed by atoms with Crippen LogP contribution in [0.4, 0.5) is 0 Å². The van der Waals surface area contributed by atoms with Gasteiger partial charge < -0.3 is 10.4 Å². The van der Waals surface area contributed by atoms with E-state index in [4.69, 9.17) is 0 Å². The van der Waals surface area contributed by atoms with E-state index < -0.39 is 0 Å². The molecule has 0 saturated carbocycles. The summed E-state index contributed by atoms with van der Waals surface area (Å²) in [5.74, 6) is 1.10. The summed E-state index contributed by atoms with van der Waals surface area (Å²) < 4.78 is 0. The van der Waals surface area contributed by atoms with E-state index in [0.717, 1.165) is 29.5 Å². The quantitative estimate of drug-likeness (QED) is 0.697. The van der Waals surface area contributed by atoms with Gasteiger partial charge in [-0.2, -0.15) is 0 Å². The van der Waals surface area contributed by atoms with Crippen LogP contribution in [0.25, 0.3) is 0 Å². The smallest absolute Gasteiger partial charge is 0.220 e. The van der Waals surface area contributed by atoms with Crippen LogP contribution in [0.1, 0.15) is 84.4 Å². The highest BCUT2D eigenvalue weighted by Gasteiger charge is 2.26. The third-order valence-corrected chi connectivity index (χ3v) is 5.38. The van der Waals surface area contributed by atoms with Gasteiger partial charge in [-0.05, 0) is 52.7 Å². The van der Waals surface area contributed by atoms with E-state index in [1.165, 1.54) is 0 Å². The van der Waals surface area contributed by atoms with E-state index >= 15 is 0 Å². The van der Waals surface area contributed by atoms with Gasteiger partial charge in [0.15, 0.2) is 0 Å². The number of carbonyl (C=O) groups excluding carboxylic acids is 1. The highest BCUT2D eigenvalue weighted by molar-refractivity contribution is 5.76. The van der Waals surface area contributed by atoms with Gasteiger partial charge in [0, 0.05) is 12.5 Å². The number of benzene rings is 1. The lowest BCUT2D eigenvalue weighted by Gasteiger charge is -2.28. The molecule has 2 N–H and O–H groups in total. The van der Waals surface area contributed by atoms with Crippen molar-refractivity contribution in [2.45, 2.75) is 91.0 Å². The van der Waals surface area contributed by atoms with Gasteiger partial charge in [0.25, 0.3) is 0 Å². The molecular formula is C24H37NO2. The molecule has 2 rings (SSSR count). The number of allylic oxidation sites excluding steroid dienone is 1. The average Bonchev–Trinajstić information content (AvgIpc) is 2.54. The van der Waals surface area contributed by atoms with Gasteiger partial charge in [0.1, 0.15) is 5.75 Å². The van der Waals surface area contributed by atoms with Gasteiger partial charge in [-0.25, -0.2) is 0 Å². The van der Waals surface area contributed by atoms with Crippen molar-refractivity contribution in [1.29, 1.82) is 0 Å². The molecule has 0 saturated heterocycles. The molecule has 1 aliphatic rings. The number of amides is 1. The zero-order valence-electron chi connectivity index (χ0n) is 18.1. The fourth-order valence-corrected chi connectivity index (χ4v) is 3.60. The number of hydrogen-bond donors (Lipinski definition) is 2. The van der Waals surface area contributed by atoms with Crippen molar-refractivity contribution in [1.82, 2.24) is 5.32 Å². The minimum absolute atomic E-state index is 0.0990. The van der Waals surface area contributed by atoms with Crippen LogP contribution < -0.4 is 5.32 Å². The molecule has 0 aliphatic heterocycles. The summed E-state index contributed by atoms with van der Waals surface area (Å²) in [5, 5.41) is 13.9. The molecule has 1 aromatic carbocycles. The van der Waals surface area contributed by atoms with Crippen molar-refractivity contribution in [2.75, 3.05) is 0 Å². The summed E-state index contributed by atoms with van der Waals surface area (Å²) in [5.41, 5.74) is 2.73. The minimum atomic E-state index is -0.147. The van der Waals surface area contributed by atoms with Crippen LogP contribution in [-0.4, -0.2) is 17.1 Å². The molecule has 0 heterocycles. The lowest BCUT2D eigenvalue weighted by Crippen LogP contribution is -2.35. The van der Waals surface area contributed by atoms with Crippen LogP contribution >= 0.6 is 0 Å². The highest BCUT2D eigenvalue weighted by Crippen LogP contribution is 2.40. The molecule has 0 radical (unpaired) electrons. The Morgan fingerprint density at radius 2 is 1.59 bits per heavy atom. The molecule has 2 unspecified atom stereocenters. The van der Waals surface area contributed by atoms with Gasteiger partial charge in [-0.1, -0.05) is 72.8 Å². The second kappa shape index (κ2) is 8.08. The van der Waals surface area contributed by atoms with E-state index in [0.29, 0.717) is 24.5 Å². The maximum atomic E-state index is 12.4. The molecule has 3 heteroatoms. The van der Waals surface area contributed by atoms with Crippen molar-refractivity contribution < 1.29 is 9.90 Å². The second-order valence-electron chi connectivity index (χ2n) is 10.2. The number of rotatable bonds is 4. The van der Waals surface area contributed by atoms with E-state index in [-0.39, 0.29) is 22.8 Å². The van der Waals surface area contributed by atoms with Crippen LogP contribution in [0.5, 0.6) is 5.75 Å². The van der Waals surface area contributed by atoms with Gasteiger partial charge in [-0.15, -0.1) is 0 Å². The number of hydrogen-bond acceptors (Lipinski definition) is 2. The maximum absolute atomic E-state index is 12.4. The Bertz CT molecular complexity index is 669. The Morgan fingerprint density at radius 3 is 2.04 bits per heavy atom. The fraction of sp³-hybridized carbons (Fsp3) is 0.625. The molecule has 27 heavy (non-hydrogen) atoms. The molecule has 3 nitrogen and oxygen atoms in total. The van der Waals surface area contributed by atoms with Crippen molar-refractivity contribution >= 4 is 5.91 Å². The first kappa shape index (κ1) is 21.5. The predicted molar refractivity (Wildman–Crippen MR) is 113 cm³/mol. The van der Waals surface area contributed by atoms with E-state index in [1.54, 1.807) is 0 Å². The molecule has 2 atom stereocenters. The summed E-state index contributed by atoms with van der Waals surface area (Å²) in [4.78, 5) is 12.4. The van der Waals surface area contributed by atoms with Crippen LogP contribution in [0.15, 0.2) is 24.3 Å². The topological polar surface area (TPSA) is 49.3 Å². The third-order valence-electron chi connectivity index (χ3n) is 5.38. The normalized spacial score (nSPS) is 20.6. The molecular weight excluding hydrogens is 334 g/mol. The van der Waals surface area contributed by atoms with Crippen LogP contribution in [0.3, 0.4) is 0 Å². The van der Waals surface area contributed by atoms with Gasteiger partial charge in [-0.3, -0.25) is 4.79 Å². The Labute approximate surface area is 165 Å². The molecule has 0 bridgehead atoms. The monoisotopic (exact) mass is 371 g/mol. The molecule has 150 valence electrons. The standard InChI is InChI=1S/C24H37NO2/c1-16-8-11-18(12-9-16)25-21(26)13-10-17-14-19(23(2,3)4)22(27)20(15-17)24(5,6)7/h8,11,14-16,18,27H,9-10,12-13H2,1-7H3,(H,25,26). The lowest BCUT2D eigenvalue weighted by atomic mass is 9.78. The maximum Gasteiger partial charge on any atom is 0.220 e. The number of aromatic hydroxyl groups is 1. The number of aryl methyl sites for hydroxylation is 1. The molecule has 0 spiro atoms. The van der Waals surface area contributed by atoms with Gasteiger partial charge in [0.2, 0.25) is 5.91 Å². The predicted octanol–water partition coefficient (Wildman–Crippen LogP) is 5.39. The summed E-state index contributed by atoms with van der Waals surface area (Å²) in [6, 6.07) is 4.31. The Kier molecular flexibility index (Phi) is 6.44. The fourth-order valence-electron chi connectivity index (χ4n) is 3.60. The van der Waals surface area contributed by atoms with Crippen molar-refractivity contribution in [2.24, 2.45) is 5.92 Å². The molecule has 0 fully saturated rings. The second-order valence-corrected chi connectivity index (χ2v) is 10.2.